The van der Waals surface area contributed by atoms with Crippen molar-refractivity contribution in [1.82, 2.24) is 4.72 Å². The Balaban J connectivity index is 2.28. The van der Waals surface area contributed by atoms with Crippen molar-refractivity contribution >= 4 is 26.0 Å². The molecular formula is C13H18BrNO4S. The number of methoxy groups -OCH3 is 1. The molecule has 5 nitrogen and oxygen atoms in total. The molecule has 2 N–H and O–H groups in total. The van der Waals surface area contributed by atoms with Crippen molar-refractivity contribution in [3.8, 4) is 5.75 Å². The van der Waals surface area contributed by atoms with Gasteiger partial charge in [0.2, 0.25) is 10.0 Å². The Kier molecular flexibility index (Phi) is 5.06. The second kappa shape index (κ2) is 6.43. The molecule has 0 aliphatic heterocycles. The number of halogens is 1. The molecule has 0 aromatic heterocycles. The van der Waals surface area contributed by atoms with Gasteiger partial charge in [-0.05, 0) is 31.0 Å². The van der Waals surface area contributed by atoms with Gasteiger partial charge in [0.1, 0.15) is 10.6 Å². The van der Waals surface area contributed by atoms with Crippen molar-refractivity contribution in [3.05, 3.63) is 22.7 Å². The summed E-state index contributed by atoms with van der Waals surface area (Å²) in [7, 11) is -2.29. The van der Waals surface area contributed by atoms with Crippen molar-refractivity contribution in [3.63, 3.8) is 0 Å². The van der Waals surface area contributed by atoms with Crippen molar-refractivity contribution in [2.45, 2.75) is 42.7 Å². The zero-order chi connectivity index (χ0) is 14.8. The molecule has 0 heterocycles. The molecule has 1 aromatic rings. The van der Waals surface area contributed by atoms with Gasteiger partial charge in [-0.2, -0.15) is 0 Å². The summed E-state index contributed by atoms with van der Waals surface area (Å²) in [5.74, 6) is 0.283. The first kappa shape index (κ1) is 15.8. The number of aliphatic hydroxyl groups excluding tert-OH is 1. The van der Waals surface area contributed by atoms with Crippen LogP contribution in [0.15, 0.2) is 27.6 Å². The molecule has 1 saturated carbocycles. The third-order valence-corrected chi connectivity index (χ3v) is 5.46. The molecule has 0 spiro atoms. The first-order valence-corrected chi connectivity index (χ1v) is 8.75. The van der Waals surface area contributed by atoms with E-state index in [1.807, 2.05) is 0 Å². The number of hydrogen-bond acceptors (Lipinski definition) is 4. The van der Waals surface area contributed by atoms with Crippen LogP contribution >= 0.6 is 15.9 Å². The summed E-state index contributed by atoms with van der Waals surface area (Å²) in [6.07, 6.45) is 2.50. The number of rotatable bonds is 4. The van der Waals surface area contributed by atoms with Gasteiger partial charge in [-0.25, -0.2) is 13.1 Å². The Bertz CT molecular complexity index is 576. The van der Waals surface area contributed by atoms with E-state index < -0.39 is 22.2 Å². The summed E-state index contributed by atoms with van der Waals surface area (Å²) in [6, 6.07) is 4.37. The lowest BCUT2D eigenvalue weighted by atomic mass is 9.93. The third-order valence-electron chi connectivity index (χ3n) is 3.45. The van der Waals surface area contributed by atoms with Crippen LogP contribution in [0.1, 0.15) is 25.7 Å². The van der Waals surface area contributed by atoms with Crippen LogP contribution in [0.3, 0.4) is 0 Å². The standard InChI is InChI=1S/C13H18BrNO4S/c1-19-12-7-6-9(14)8-13(12)20(17,18)15-10-4-2-3-5-11(10)16/h6-8,10-11,15-16H,2-5H2,1H3/t10-,11-/m1/s1. The van der Waals surface area contributed by atoms with Gasteiger partial charge in [-0.15, -0.1) is 0 Å². The number of aliphatic hydroxyl groups is 1. The van der Waals surface area contributed by atoms with Crippen LogP contribution in [0.2, 0.25) is 0 Å². The maximum Gasteiger partial charge on any atom is 0.244 e. The maximum absolute atomic E-state index is 12.5. The molecule has 1 fully saturated rings. The number of hydrogen-bond donors (Lipinski definition) is 2. The highest BCUT2D eigenvalue weighted by molar-refractivity contribution is 9.10. The van der Waals surface area contributed by atoms with Crippen molar-refractivity contribution in [1.29, 1.82) is 0 Å². The lowest BCUT2D eigenvalue weighted by Gasteiger charge is -2.28. The number of benzene rings is 1. The Morgan fingerprint density at radius 1 is 1.35 bits per heavy atom. The van der Waals surface area contributed by atoms with E-state index in [4.69, 9.17) is 4.74 Å². The highest BCUT2D eigenvalue weighted by Gasteiger charge is 2.29. The molecule has 1 aliphatic rings. The Hall–Kier alpha value is -0.630. The molecular weight excluding hydrogens is 346 g/mol. The van der Waals surface area contributed by atoms with Crippen LogP contribution in [0.4, 0.5) is 0 Å². The highest BCUT2D eigenvalue weighted by atomic mass is 79.9. The topological polar surface area (TPSA) is 75.6 Å². The van der Waals surface area contributed by atoms with Crippen LogP contribution in [0.25, 0.3) is 0 Å². The minimum Gasteiger partial charge on any atom is -0.495 e. The first-order chi connectivity index (χ1) is 9.44. The fourth-order valence-corrected chi connectivity index (χ4v) is 4.38. The lowest BCUT2D eigenvalue weighted by molar-refractivity contribution is 0.101. The van der Waals surface area contributed by atoms with E-state index in [0.29, 0.717) is 17.3 Å². The van der Waals surface area contributed by atoms with Crippen LogP contribution in [-0.2, 0) is 10.0 Å². The molecule has 0 saturated heterocycles. The van der Waals surface area contributed by atoms with Gasteiger partial charge in [0.05, 0.1) is 13.2 Å². The summed E-state index contributed by atoms with van der Waals surface area (Å²) >= 11 is 3.26. The Labute approximate surface area is 127 Å². The van der Waals surface area contributed by atoms with Gasteiger partial charge in [0.15, 0.2) is 0 Å². The third kappa shape index (κ3) is 3.52. The monoisotopic (exact) mass is 363 g/mol. The van der Waals surface area contributed by atoms with Crippen LogP contribution in [-0.4, -0.2) is 32.8 Å². The number of sulfonamides is 1. The van der Waals surface area contributed by atoms with Gasteiger partial charge >= 0.3 is 0 Å². The van der Waals surface area contributed by atoms with Crippen LogP contribution in [0, 0.1) is 0 Å². The molecule has 112 valence electrons. The van der Waals surface area contributed by atoms with E-state index in [9.17, 15) is 13.5 Å². The molecule has 2 rings (SSSR count). The van der Waals surface area contributed by atoms with E-state index in [2.05, 4.69) is 20.7 Å². The number of ether oxygens (including phenoxy) is 1. The SMILES string of the molecule is COc1ccc(Br)cc1S(=O)(=O)N[C@@H]1CCCC[C@H]1O. The first-order valence-electron chi connectivity index (χ1n) is 6.48. The average Bonchev–Trinajstić information content (AvgIpc) is 2.41. The normalized spacial score (nSPS) is 23.6. The molecule has 1 aliphatic carbocycles. The smallest absolute Gasteiger partial charge is 0.244 e. The molecule has 0 amide bonds. The molecule has 1 aromatic carbocycles. The molecule has 0 radical (unpaired) electrons. The summed E-state index contributed by atoms with van der Waals surface area (Å²) < 4.78 is 33.2. The van der Waals surface area contributed by atoms with E-state index in [1.165, 1.54) is 13.2 Å². The average molecular weight is 364 g/mol. The largest absolute Gasteiger partial charge is 0.495 e. The summed E-state index contributed by atoms with van der Waals surface area (Å²) in [6.45, 7) is 0. The van der Waals surface area contributed by atoms with Gasteiger partial charge in [-0.3, -0.25) is 0 Å². The van der Waals surface area contributed by atoms with Gasteiger partial charge in [0, 0.05) is 10.5 Å². The summed E-state index contributed by atoms with van der Waals surface area (Å²) in [4.78, 5) is 0.0761. The van der Waals surface area contributed by atoms with Crippen LogP contribution in [0.5, 0.6) is 5.75 Å². The summed E-state index contributed by atoms with van der Waals surface area (Å²) in [5.41, 5.74) is 0. The van der Waals surface area contributed by atoms with Gasteiger partial charge in [0.25, 0.3) is 0 Å². The predicted molar refractivity (Wildman–Crippen MR) is 79.3 cm³/mol. The molecule has 7 heteroatoms. The fourth-order valence-electron chi connectivity index (χ4n) is 2.37. The van der Waals surface area contributed by atoms with E-state index in [1.54, 1.807) is 12.1 Å². The zero-order valence-electron chi connectivity index (χ0n) is 11.2. The molecule has 0 unspecified atom stereocenters. The predicted octanol–water partition coefficient (Wildman–Crippen LogP) is 2.04. The lowest BCUT2D eigenvalue weighted by Crippen LogP contribution is -2.45. The second-order valence-corrected chi connectivity index (χ2v) is 7.47. The quantitative estimate of drug-likeness (QED) is 0.858. The zero-order valence-corrected chi connectivity index (χ0v) is 13.6. The van der Waals surface area contributed by atoms with Gasteiger partial charge in [-0.1, -0.05) is 28.8 Å². The van der Waals surface area contributed by atoms with Crippen molar-refractivity contribution < 1.29 is 18.3 Å². The van der Waals surface area contributed by atoms with Gasteiger partial charge < -0.3 is 9.84 Å². The maximum atomic E-state index is 12.5. The molecule has 2 atom stereocenters. The fraction of sp³-hybridized carbons (Fsp3) is 0.538. The van der Waals surface area contributed by atoms with Crippen molar-refractivity contribution in [2.75, 3.05) is 7.11 Å². The summed E-state index contributed by atoms with van der Waals surface area (Å²) in [5, 5.41) is 9.89. The highest BCUT2D eigenvalue weighted by Crippen LogP contribution is 2.28. The van der Waals surface area contributed by atoms with E-state index in [-0.39, 0.29) is 10.6 Å². The van der Waals surface area contributed by atoms with E-state index >= 15 is 0 Å². The molecule has 0 bridgehead atoms. The van der Waals surface area contributed by atoms with Crippen molar-refractivity contribution in [2.24, 2.45) is 0 Å². The minimum absolute atomic E-state index is 0.0761. The molecule has 20 heavy (non-hydrogen) atoms. The Morgan fingerprint density at radius 3 is 2.70 bits per heavy atom. The number of nitrogens with one attached hydrogen (secondary N) is 1. The Morgan fingerprint density at radius 2 is 2.05 bits per heavy atom. The minimum atomic E-state index is -3.72. The van der Waals surface area contributed by atoms with Crippen LogP contribution < -0.4 is 9.46 Å². The van der Waals surface area contributed by atoms with E-state index in [0.717, 1.165) is 12.8 Å². The second-order valence-electron chi connectivity index (χ2n) is 4.87.